The Kier molecular flexibility index (Phi) is 7.45. The van der Waals surface area contributed by atoms with Crippen molar-refractivity contribution in [2.24, 2.45) is 5.92 Å². The Morgan fingerprint density at radius 1 is 1.15 bits per heavy atom. The van der Waals surface area contributed by atoms with Gasteiger partial charge in [-0.2, -0.15) is 18.4 Å². The zero-order valence-electron chi connectivity index (χ0n) is 18.5. The number of halogens is 3. The Morgan fingerprint density at radius 3 is 2.55 bits per heavy atom. The van der Waals surface area contributed by atoms with Crippen LogP contribution in [-0.2, 0) is 11.0 Å². The highest BCUT2D eigenvalue weighted by atomic mass is 32.1. The minimum absolute atomic E-state index is 0.0678. The van der Waals surface area contributed by atoms with Crippen LogP contribution in [-0.4, -0.2) is 49.6 Å². The predicted molar refractivity (Wildman–Crippen MR) is 124 cm³/mol. The number of nitrogens with one attached hydrogen (secondary N) is 1. The molecule has 2 aliphatic rings. The molecular formula is C24H29F3N4OS. The third-order valence-corrected chi connectivity index (χ3v) is 7.83. The molecule has 2 fully saturated rings. The average Bonchev–Trinajstić information content (AvgIpc) is 3.22. The first-order valence-corrected chi connectivity index (χ1v) is 12.4. The number of benzene rings is 1. The molecule has 5 nitrogen and oxygen atoms in total. The highest BCUT2D eigenvalue weighted by Gasteiger charge is 2.31. The second-order valence-corrected chi connectivity index (χ2v) is 9.98. The zero-order valence-corrected chi connectivity index (χ0v) is 19.4. The maximum atomic E-state index is 13.0. The number of thiophene rings is 1. The molecular weight excluding hydrogens is 449 g/mol. The number of amides is 1. The molecule has 1 saturated carbocycles. The molecule has 2 aromatic rings. The summed E-state index contributed by atoms with van der Waals surface area (Å²) in [6, 6.07) is 6.14. The molecule has 2 heterocycles. The van der Waals surface area contributed by atoms with Crippen LogP contribution in [0.1, 0.15) is 44.1 Å². The van der Waals surface area contributed by atoms with Gasteiger partial charge in [-0.1, -0.05) is 6.07 Å². The lowest BCUT2D eigenvalue weighted by molar-refractivity contribution is -0.137. The van der Waals surface area contributed by atoms with Crippen molar-refractivity contribution in [3.8, 4) is 6.07 Å². The van der Waals surface area contributed by atoms with Crippen LogP contribution in [0.25, 0.3) is 10.1 Å². The van der Waals surface area contributed by atoms with Crippen LogP contribution < -0.4 is 10.2 Å². The van der Waals surface area contributed by atoms with Crippen molar-refractivity contribution in [3.05, 3.63) is 29.1 Å². The number of rotatable bonds is 6. The molecule has 4 rings (SSSR count). The van der Waals surface area contributed by atoms with E-state index >= 15 is 0 Å². The molecule has 1 aromatic carbocycles. The van der Waals surface area contributed by atoms with Crippen LogP contribution in [0.5, 0.6) is 0 Å². The van der Waals surface area contributed by atoms with Gasteiger partial charge in [0.05, 0.1) is 17.3 Å². The van der Waals surface area contributed by atoms with Gasteiger partial charge in [-0.15, -0.1) is 11.3 Å². The summed E-state index contributed by atoms with van der Waals surface area (Å²) < 4.78 is 39.6. The molecule has 1 N–H and O–H groups in total. The topological polar surface area (TPSA) is 59.4 Å². The van der Waals surface area contributed by atoms with Crippen LogP contribution >= 0.6 is 11.3 Å². The van der Waals surface area contributed by atoms with Crippen LogP contribution in [0.15, 0.2) is 23.6 Å². The maximum Gasteiger partial charge on any atom is 0.416 e. The van der Waals surface area contributed by atoms with Crippen molar-refractivity contribution in [1.82, 2.24) is 10.2 Å². The molecule has 178 valence electrons. The summed E-state index contributed by atoms with van der Waals surface area (Å²) in [4.78, 5) is 16.3. The maximum absolute atomic E-state index is 13.0. The van der Waals surface area contributed by atoms with E-state index in [4.69, 9.17) is 5.26 Å². The SMILES string of the molecule is N#CCC(=O)NC1CCC(CCN2CCN(c3csc4cc(C(F)(F)F)ccc34)CC2)CC1. The van der Waals surface area contributed by atoms with Gasteiger partial charge in [0.25, 0.3) is 0 Å². The third kappa shape index (κ3) is 5.98. The summed E-state index contributed by atoms with van der Waals surface area (Å²) in [7, 11) is 0. The quantitative estimate of drug-likeness (QED) is 0.633. The van der Waals surface area contributed by atoms with E-state index < -0.39 is 11.7 Å². The van der Waals surface area contributed by atoms with Crippen molar-refractivity contribution in [2.45, 2.75) is 50.7 Å². The van der Waals surface area contributed by atoms with E-state index in [1.165, 1.54) is 23.5 Å². The number of hydrogen-bond donors (Lipinski definition) is 1. The Balaban J connectivity index is 1.22. The van der Waals surface area contributed by atoms with E-state index in [9.17, 15) is 18.0 Å². The Hall–Kier alpha value is -2.31. The largest absolute Gasteiger partial charge is 0.416 e. The number of alkyl halides is 3. The van der Waals surface area contributed by atoms with Gasteiger partial charge in [0, 0.05) is 47.7 Å². The number of nitrogens with zero attached hydrogens (tertiary/aromatic N) is 3. The molecule has 0 spiro atoms. The van der Waals surface area contributed by atoms with Crippen LogP contribution in [0.2, 0.25) is 0 Å². The van der Waals surface area contributed by atoms with E-state index in [2.05, 4.69) is 15.1 Å². The molecule has 1 aromatic heterocycles. The molecule has 0 unspecified atom stereocenters. The molecule has 1 aliphatic heterocycles. The van der Waals surface area contributed by atoms with Gasteiger partial charge in [-0.25, -0.2) is 0 Å². The number of carbonyl (C=O) groups excluding carboxylic acids is 1. The summed E-state index contributed by atoms with van der Waals surface area (Å²) in [5.74, 6) is 0.508. The molecule has 0 atom stereocenters. The fourth-order valence-corrected chi connectivity index (χ4v) is 5.97. The second kappa shape index (κ2) is 10.3. The van der Waals surface area contributed by atoms with Gasteiger partial charge in [0.15, 0.2) is 0 Å². The monoisotopic (exact) mass is 478 g/mol. The fraction of sp³-hybridized carbons (Fsp3) is 0.583. The lowest BCUT2D eigenvalue weighted by atomic mass is 9.84. The van der Waals surface area contributed by atoms with Gasteiger partial charge in [0.1, 0.15) is 6.42 Å². The number of nitriles is 1. The minimum atomic E-state index is -4.31. The van der Waals surface area contributed by atoms with Crippen molar-refractivity contribution >= 4 is 33.0 Å². The predicted octanol–water partition coefficient (Wildman–Crippen LogP) is 5.02. The van der Waals surface area contributed by atoms with Crippen LogP contribution in [0, 0.1) is 17.2 Å². The highest BCUT2D eigenvalue weighted by Crippen LogP contribution is 2.38. The molecule has 1 saturated heterocycles. The van der Waals surface area contributed by atoms with E-state index in [1.54, 1.807) is 6.07 Å². The standard InChI is InChI=1S/C24H29F3N4OS/c25-24(26,27)18-3-6-20-21(16-33-22(20)15-18)31-13-11-30(12-14-31)10-8-17-1-4-19(5-2-17)29-23(32)7-9-28/h3,6,15-17,19H,1-2,4-5,7-8,10-14H2,(H,29,32). The molecule has 9 heteroatoms. The van der Waals surface area contributed by atoms with Gasteiger partial charge in [0.2, 0.25) is 5.91 Å². The van der Waals surface area contributed by atoms with Crippen molar-refractivity contribution in [1.29, 1.82) is 5.26 Å². The zero-order chi connectivity index (χ0) is 23.4. The van der Waals surface area contributed by atoms with E-state index in [0.717, 1.165) is 75.9 Å². The lowest BCUT2D eigenvalue weighted by Gasteiger charge is -2.37. The fourth-order valence-electron chi connectivity index (χ4n) is 4.96. The molecule has 0 bridgehead atoms. The van der Waals surface area contributed by atoms with Crippen LogP contribution in [0.4, 0.5) is 18.9 Å². The number of hydrogen-bond acceptors (Lipinski definition) is 5. The lowest BCUT2D eigenvalue weighted by Crippen LogP contribution is -2.47. The summed E-state index contributed by atoms with van der Waals surface area (Å²) in [5.41, 5.74) is 0.451. The van der Waals surface area contributed by atoms with E-state index in [0.29, 0.717) is 10.6 Å². The van der Waals surface area contributed by atoms with Crippen molar-refractivity contribution in [2.75, 3.05) is 37.6 Å². The Labute approximate surface area is 196 Å². The summed E-state index contributed by atoms with van der Waals surface area (Å²) in [6.07, 6.45) is 0.959. The normalized spacial score (nSPS) is 22.3. The molecule has 1 aliphatic carbocycles. The molecule has 1 amide bonds. The van der Waals surface area contributed by atoms with Crippen molar-refractivity contribution < 1.29 is 18.0 Å². The smallest absolute Gasteiger partial charge is 0.368 e. The van der Waals surface area contributed by atoms with Crippen LogP contribution in [0.3, 0.4) is 0 Å². The van der Waals surface area contributed by atoms with Gasteiger partial charge >= 0.3 is 6.18 Å². The van der Waals surface area contributed by atoms with Gasteiger partial charge < -0.3 is 10.2 Å². The molecule has 33 heavy (non-hydrogen) atoms. The number of anilines is 1. The summed E-state index contributed by atoms with van der Waals surface area (Å²) >= 11 is 1.38. The second-order valence-electron chi connectivity index (χ2n) is 9.07. The number of fused-ring (bicyclic) bond motifs is 1. The van der Waals surface area contributed by atoms with E-state index in [-0.39, 0.29) is 18.4 Å². The third-order valence-electron chi connectivity index (χ3n) is 6.90. The first kappa shape index (κ1) is 23.8. The first-order chi connectivity index (χ1) is 15.8. The summed E-state index contributed by atoms with van der Waals surface area (Å²) in [5, 5.41) is 14.4. The number of piperazine rings is 1. The minimum Gasteiger partial charge on any atom is -0.368 e. The molecule has 0 radical (unpaired) electrons. The van der Waals surface area contributed by atoms with Gasteiger partial charge in [-0.05, 0) is 56.7 Å². The summed E-state index contributed by atoms with van der Waals surface area (Å²) in [6.45, 7) is 4.73. The van der Waals surface area contributed by atoms with Crippen molar-refractivity contribution in [3.63, 3.8) is 0 Å². The van der Waals surface area contributed by atoms with Gasteiger partial charge in [-0.3, -0.25) is 9.69 Å². The first-order valence-electron chi connectivity index (χ1n) is 11.6. The average molecular weight is 479 g/mol. The Bertz CT molecular complexity index is 999. The number of carbonyl (C=O) groups is 1. The Morgan fingerprint density at radius 2 is 1.88 bits per heavy atom. The highest BCUT2D eigenvalue weighted by molar-refractivity contribution is 7.17. The van der Waals surface area contributed by atoms with E-state index in [1.807, 2.05) is 11.4 Å².